The molecule has 0 rings (SSSR count). The van der Waals surface area contributed by atoms with E-state index in [2.05, 4.69) is 139 Å². The van der Waals surface area contributed by atoms with Crippen LogP contribution in [0, 0.1) is 0 Å². The number of carbonyl (C=O) groups excluding carboxylic acids is 3. The molecule has 344 valence electrons. The zero-order valence-electron chi connectivity index (χ0n) is 41.1. The third kappa shape index (κ3) is 30.0. The smallest absolute Gasteiger partial charge is 0.456 e. The molecule has 0 aliphatic rings. The molecular weight excluding hydrogens is 911 g/mol. The predicted molar refractivity (Wildman–Crippen MR) is 272 cm³/mol. The number of nitrogens with zero attached hydrogens (tertiary/aromatic N) is 3. The van der Waals surface area contributed by atoms with E-state index in [1.807, 2.05) is 0 Å². The number of hydrogen-bond donors (Lipinski definition) is 0. The molecule has 0 spiro atoms. The van der Waals surface area contributed by atoms with Crippen LogP contribution in [0.2, 0.25) is 179 Å². The third-order valence-corrected chi connectivity index (χ3v) is 49.6. The molecule has 0 aliphatic carbocycles. The molecule has 0 unspecified atom stereocenters. The first-order chi connectivity index (χ1) is 26.5. The van der Waals surface area contributed by atoms with Crippen molar-refractivity contribution in [3.8, 4) is 0 Å². The molecular formula is C37H87N3O9Si10. The van der Waals surface area contributed by atoms with Gasteiger partial charge in [0.25, 0.3) is 0 Å². The molecule has 0 aromatic carbocycles. The van der Waals surface area contributed by atoms with Gasteiger partial charge in [-0.1, -0.05) is 0 Å². The highest BCUT2D eigenvalue weighted by Crippen LogP contribution is 2.36. The summed E-state index contributed by atoms with van der Waals surface area (Å²) >= 11 is 0. The van der Waals surface area contributed by atoms with Crippen LogP contribution in [-0.4, -0.2) is 122 Å². The van der Waals surface area contributed by atoms with E-state index in [9.17, 15) is 14.4 Å². The fraction of sp³-hybridized carbons (Fsp3) is 0.919. The first kappa shape index (κ1) is 59.1. The van der Waals surface area contributed by atoms with Crippen molar-refractivity contribution in [2.75, 3.05) is 19.6 Å². The molecule has 0 saturated heterocycles. The first-order valence-electron chi connectivity index (χ1n) is 21.9. The van der Waals surface area contributed by atoms with Crippen LogP contribution in [0.4, 0.5) is 0 Å². The molecule has 0 amide bonds. The second-order valence-electron chi connectivity index (χ2n) is 22.0. The summed E-state index contributed by atoms with van der Waals surface area (Å²) in [7, 11) is -21.9. The van der Waals surface area contributed by atoms with E-state index < -0.39 is 83.7 Å². The Bertz CT molecular complexity index is 1270. The summed E-state index contributed by atoms with van der Waals surface area (Å²) in [5.74, 6) is 0. The van der Waals surface area contributed by atoms with Gasteiger partial charge >= 0.3 is 8.80 Å². The van der Waals surface area contributed by atoms with Crippen molar-refractivity contribution >= 4 is 102 Å². The topological polar surface area (TPSA) is 144 Å². The van der Waals surface area contributed by atoms with E-state index in [0.29, 0.717) is 19.6 Å². The Labute approximate surface area is 371 Å². The maximum Gasteiger partial charge on any atom is 0.466 e. The SMILES string of the molecule is C[Si](C)(CCCN=C=O)O[Si](C)(C)CC[Si](C)(C)O[Si](C)(O[Si](C)(C)CC[Si](C)(C)O[Si](C)(C)CCCN=C=O)O[Si](C)(C)CC[Si](C)(C)O[Si](C)(C)CCCN=C=O. The van der Waals surface area contributed by atoms with Gasteiger partial charge in [0.05, 0.1) is 19.6 Å². The molecule has 0 aliphatic heterocycles. The molecule has 0 atom stereocenters. The molecule has 22 heteroatoms. The zero-order chi connectivity index (χ0) is 46.1. The summed E-state index contributed by atoms with van der Waals surface area (Å²) < 4.78 is 43.1. The molecule has 0 bridgehead atoms. The van der Waals surface area contributed by atoms with Crippen molar-refractivity contribution in [1.82, 2.24) is 0 Å². The molecule has 0 fully saturated rings. The minimum atomic E-state index is -3.15. The second kappa shape index (κ2) is 24.9. The van der Waals surface area contributed by atoms with Gasteiger partial charge in [0.1, 0.15) is 0 Å². The van der Waals surface area contributed by atoms with Gasteiger partial charge in [0.15, 0.2) is 74.9 Å². The lowest BCUT2D eigenvalue weighted by Crippen LogP contribution is -2.60. The third-order valence-electron chi connectivity index (χ3n) is 10.4. The fourth-order valence-electron chi connectivity index (χ4n) is 7.97. The molecule has 0 aromatic heterocycles. The zero-order valence-corrected chi connectivity index (χ0v) is 51.1. The maximum atomic E-state index is 10.6. The Balaban J connectivity index is 6.25. The van der Waals surface area contributed by atoms with Gasteiger partial charge in [-0.3, -0.25) is 0 Å². The van der Waals surface area contributed by atoms with Crippen LogP contribution in [0.1, 0.15) is 19.3 Å². The van der Waals surface area contributed by atoms with Gasteiger partial charge in [-0.05, 0) is 192 Å². The lowest BCUT2D eigenvalue weighted by atomic mass is 10.5. The van der Waals surface area contributed by atoms with E-state index in [0.717, 1.165) is 73.7 Å². The van der Waals surface area contributed by atoms with E-state index >= 15 is 0 Å². The van der Waals surface area contributed by atoms with Gasteiger partial charge in [-0.2, -0.15) is 0 Å². The lowest BCUT2D eigenvalue weighted by Gasteiger charge is -2.45. The summed E-state index contributed by atoms with van der Waals surface area (Å²) in [4.78, 5) is 42.9. The molecule has 0 N–H and O–H groups in total. The Kier molecular flexibility index (Phi) is 25.0. The summed E-state index contributed by atoms with van der Waals surface area (Å²) in [6.07, 6.45) is 7.53. The Morgan fingerprint density at radius 1 is 0.288 bits per heavy atom. The summed E-state index contributed by atoms with van der Waals surface area (Å²) in [6, 6.07) is 8.88. The van der Waals surface area contributed by atoms with Crippen molar-refractivity contribution in [2.24, 2.45) is 15.0 Å². The average molecular weight is 999 g/mol. The second-order valence-corrected chi connectivity index (χ2v) is 64.8. The van der Waals surface area contributed by atoms with Crippen molar-refractivity contribution in [2.45, 2.75) is 198 Å². The highest BCUT2D eigenvalue weighted by molar-refractivity contribution is 6.93. The molecule has 0 radical (unpaired) electrons. The van der Waals surface area contributed by atoms with Crippen LogP contribution in [0.25, 0.3) is 0 Å². The largest absolute Gasteiger partial charge is 0.466 e. The Morgan fingerprint density at radius 2 is 0.458 bits per heavy atom. The highest BCUT2D eigenvalue weighted by Gasteiger charge is 2.50. The van der Waals surface area contributed by atoms with Crippen LogP contribution >= 0.6 is 0 Å². The summed E-state index contributed by atoms with van der Waals surface area (Å²) in [5, 5.41) is 0. The predicted octanol–water partition coefficient (Wildman–Crippen LogP) is 11.7. The number of aliphatic imine (C=N–C) groups is 3. The van der Waals surface area contributed by atoms with Gasteiger partial charge < -0.3 is 24.7 Å². The van der Waals surface area contributed by atoms with Crippen molar-refractivity contribution in [3.63, 3.8) is 0 Å². The van der Waals surface area contributed by atoms with Gasteiger partial charge in [0.2, 0.25) is 18.2 Å². The average Bonchev–Trinajstić information content (AvgIpc) is 3.02. The van der Waals surface area contributed by atoms with Gasteiger partial charge in [0, 0.05) is 6.55 Å². The molecule has 0 saturated carbocycles. The van der Waals surface area contributed by atoms with E-state index in [4.69, 9.17) is 24.7 Å². The monoisotopic (exact) mass is 997 g/mol. The van der Waals surface area contributed by atoms with E-state index in [1.165, 1.54) is 0 Å². The molecule has 0 aromatic rings. The standard InChI is InChI=1S/C37H87N3O9Si10/c1-50(2,26-20-23-38-35-41)44-53(7,8)29-32-56(13,14)47-59(19,48-57(15,16)33-30-54(9,10)45-51(3,4)27-21-24-39-36-42)49-58(17,18)34-31-55(11,12)46-52(5,6)28-22-25-40-37-43/h20-34H2,1-19H3. The van der Waals surface area contributed by atoms with Crippen molar-refractivity contribution in [3.05, 3.63) is 0 Å². The van der Waals surface area contributed by atoms with Crippen LogP contribution in [0.15, 0.2) is 15.0 Å². The van der Waals surface area contributed by atoms with E-state index in [-0.39, 0.29) is 0 Å². The fourth-order valence-corrected chi connectivity index (χ4v) is 60.7. The number of hydrogen-bond acceptors (Lipinski definition) is 12. The quantitative estimate of drug-likeness (QED) is 0.0272. The summed E-state index contributed by atoms with van der Waals surface area (Å²) in [5.41, 5.74) is 0. The molecule has 59 heavy (non-hydrogen) atoms. The lowest BCUT2D eigenvalue weighted by molar-refractivity contribution is 0.258. The minimum Gasteiger partial charge on any atom is -0.456 e. The number of rotatable bonds is 33. The highest BCUT2D eigenvalue weighted by atomic mass is 28.5. The minimum absolute atomic E-state index is 0.513. The summed E-state index contributed by atoms with van der Waals surface area (Å²) in [6.45, 7) is 45.4. The maximum absolute atomic E-state index is 10.6. The van der Waals surface area contributed by atoms with Crippen LogP contribution in [0.5, 0.6) is 0 Å². The Hall–Kier alpha value is 0.0688. The van der Waals surface area contributed by atoms with Crippen molar-refractivity contribution < 1.29 is 39.1 Å². The normalized spacial score (nSPS) is 14.9. The Morgan fingerprint density at radius 3 is 0.644 bits per heavy atom. The van der Waals surface area contributed by atoms with Crippen molar-refractivity contribution in [1.29, 1.82) is 0 Å². The number of isocyanates is 3. The van der Waals surface area contributed by atoms with E-state index in [1.54, 1.807) is 18.2 Å². The first-order valence-corrected chi connectivity index (χ1v) is 52.1. The van der Waals surface area contributed by atoms with Crippen LogP contribution < -0.4 is 0 Å². The molecule has 12 nitrogen and oxygen atoms in total. The molecule has 0 heterocycles. The van der Waals surface area contributed by atoms with Gasteiger partial charge in [-0.15, -0.1) is 0 Å². The van der Waals surface area contributed by atoms with Gasteiger partial charge in [-0.25, -0.2) is 29.4 Å². The van der Waals surface area contributed by atoms with Crippen LogP contribution in [0.3, 0.4) is 0 Å². The van der Waals surface area contributed by atoms with Crippen LogP contribution in [-0.2, 0) is 39.1 Å².